The number of halogens is 3. The number of hydrogen-bond donors (Lipinski definition) is 0. The van der Waals surface area contributed by atoms with Gasteiger partial charge in [-0.3, -0.25) is 10.1 Å². The first kappa shape index (κ1) is 15.5. The maximum atomic E-state index is 11.1. The summed E-state index contributed by atoms with van der Waals surface area (Å²) in [6, 6.07) is 10.2. The van der Waals surface area contributed by atoms with Crippen LogP contribution in [0.4, 0.5) is 5.69 Å². The molecule has 0 aliphatic rings. The summed E-state index contributed by atoms with van der Waals surface area (Å²) in [6.45, 7) is 0. The molecule has 0 aliphatic carbocycles. The highest BCUT2D eigenvalue weighted by molar-refractivity contribution is 9.10. The monoisotopic (exact) mass is 463 g/mol. The highest BCUT2D eigenvalue weighted by atomic mass is 79.9. The van der Waals surface area contributed by atoms with E-state index in [-0.39, 0.29) is 11.4 Å². The molecule has 20 heavy (non-hydrogen) atoms. The van der Waals surface area contributed by atoms with Crippen molar-refractivity contribution in [2.75, 3.05) is 0 Å². The molecule has 0 radical (unpaired) electrons. The lowest BCUT2D eigenvalue weighted by atomic mass is 10.2. The Morgan fingerprint density at radius 3 is 2.35 bits per heavy atom. The van der Waals surface area contributed by atoms with Crippen LogP contribution in [-0.2, 0) is 5.33 Å². The van der Waals surface area contributed by atoms with Crippen LogP contribution in [0.2, 0.25) is 0 Å². The van der Waals surface area contributed by atoms with E-state index in [2.05, 4.69) is 47.8 Å². The second-order valence-electron chi connectivity index (χ2n) is 3.86. The van der Waals surface area contributed by atoms with Gasteiger partial charge in [0.1, 0.15) is 5.75 Å². The molecular weight excluding hydrogens is 458 g/mol. The Bertz CT molecular complexity index is 661. The molecule has 0 spiro atoms. The number of nitro benzene ring substituents is 1. The van der Waals surface area contributed by atoms with Gasteiger partial charge in [-0.1, -0.05) is 53.9 Å². The maximum Gasteiger partial charge on any atom is 0.312 e. The van der Waals surface area contributed by atoms with Crippen LogP contribution < -0.4 is 4.74 Å². The van der Waals surface area contributed by atoms with Crippen LogP contribution >= 0.6 is 47.8 Å². The average Bonchev–Trinajstić information content (AvgIpc) is 2.41. The number of benzene rings is 2. The lowest BCUT2D eigenvalue weighted by molar-refractivity contribution is -0.385. The SMILES string of the molecule is O=[N+]([O-])c1cc(Br)ccc1Oc1cc(Br)ccc1CBr. The Morgan fingerprint density at radius 1 is 1.05 bits per heavy atom. The molecule has 0 N–H and O–H groups in total. The zero-order valence-corrected chi connectivity index (χ0v) is 14.7. The van der Waals surface area contributed by atoms with E-state index < -0.39 is 4.92 Å². The Hall–Kier alpha value is -0.920. The largest absolute Gasteiger partial charge is 0.450 e. The number of hydrogen-bond acceptors (Lipinski definition) is 3. The fourth-order valence-electron chi connectivity index (χ4n) is 1.57. The molecule has 0 atom stereocenters. The van der Waals surface area contributed by atoms with E-state index in [9.17, 15) is 10.1 Å². The molecule has 0 heterocycles. The number of alkyl halides is 1. The Labute approximate surface area is 140 Å². The highest BCUT2D eigenvalue weighted by Gasteiger charge is 2.17. The van der Waals surface area contributed by atoms with Gasteiger partial charge in [-0.2, -0.15) is 0 Å². The maximum absolute atomic E-state index is 11.1. The molecule has 104 valence electrons. The predicted molar refractivity (Wildman–Crippen MR) is 87.6 cm³/mol. The molecule has 7 heteroatoms. The number of nitrogens with zero attached hydrogens (tertiary/aromatic N) is 1. The highest BCUT2D eigenvalue weighted by Crippen LogP contribution is 2.36. The molecule has 0 aromatic heterocycles. The molecule has 0 fully saturated rings. The third-order valence-electron chi connectivity index (χ3n) is 2.51. The summed E-state index contributed by atoms with van der Waals surface area (Å²) in [4.78, 5) is 10.6. The summed E-state index contributed by atoms with van der Waals surface area (Å²) in [5.41, 5.74) is 0.824. The van der Waals surface area contributed by atoms with E-state index in [0.717, 1.165) is 10.0 Å². The van der Waals surface area contributed by atoms with Crippen molar-refractivity contribution in [3.8, 4) is 11.5 Å². The van der Waals surface area contributed by atoms with Gasteiger partial charge in [0.05, 0.1) is 4.92 Å². The minimum Gasteiger partial charge on any atom is -0.450 e. The van der Waals surface area contributed by atoms with E-state index in [1.165, 1.54) is 6.07 Å². The fourth-order valence-corrected chi connectivity index (χ4v) is 2.72. The summed E-state index contributed by atoms with van der Waals surface area (Å²) in [5.74, 6) is 0.778. The molecule has 0 bridgehead atoms. The first-order valence-corrected chi connectivity index (χ1v) is 8.18. The average molecular weight is 466 g/mol. The standard InChI is InChI=1S/C13H8Br3NO3/c14-7-8-1-2-10(16)6-13(8)20-12-4-3-9(15)5-11(12)17(18)19/h1-6H,7H2. The molecule has 0 saturated carbocycles. The fraction of sp³-hybridized carbons (Fsp3) is 0.0769. The summed E-state index contributed by atoms with van der Waals surface area (Å²) in [5, 5.41) is 11.7. The Kier molecular flexibility index (Phi) is 5.17. The van der Waals surface area contributed by atoms with Crippen molar-refractivity contribution in [1.82, 2.24) is 0 Å². The topological polar surface area (TPSA) is 52.4 Å². The summed E-state index contributed by atoms with van der Waals surface area (Å²) >= 11 is 9.94. The van der Waals surface area contributed by atoms with E-state index in [1.807, 2.05) is 12.1 Å². The van der Waals surface area contributed by atoms with E-state index in [0.29, 0.717) is 15.6 Å². The van der Waals surface area contributed by atoms with E-state index in [1.54, 1.807) is 18.2 Å². The lowest BCUT2D eigenvalue weighted by Gasteiger charge is -2.10. The van der Waals surface area contributed by atoms with Gasteiger partial charge in [0.15, 0.2) is 0 Å². The van der Waals surface area contributed by atoms with Gasteiger partial charge in [-0.05, 0) is 24.3 Å². The zero-order chi connectivity index (χ0) is 14.7. The van der Waals surface area contributed by atoms with E-state index >= 15 is 0 Å². The molecule has 0 aliphatic heterocycles. The molecule has 2 aromatic carbocycles. The third-order valence-corrected chi connectivity index (χ3v) is 4.10. The second-order valence-corrected chi connectivity index (χ2v) is 6.25. The molecule has 2 rings (SSSR count). The Balaban J connectivity index is 2.44. The quantitative estimate of drug-likeness (QED) is 0.325. The van der Waals surface area contributed by atoms with Crippen molar-refractivity contribution in [3.05, 3.63) is 61.0 Å². The van der Waals surface area contributed by atoms with Crippen molar-refractivity contribution in [2.45, 2.75) is 5.33 Å². The van der Waals surface area contributed by atoms with Crippen molar-refractivity contribution in [1.29, 1.82) is 0 Å². The lowest BCUT2D eigenvalue weighted by Crippen LogP contribution is -1.95. The van der Waals surface area contributed by atoms with Gasteiger partial charge in [-0.25, -0.2) is 0 Å². The predicted octanol–water partition coefficient (Wildman–Crippen LogP) is 5.81. The van der Waals surface area contributed by atoms with Crippen LogP contribution in [-0.4, -0.2) is 4.92 Å². The summed E-state index contributed by atoms with van der Waals surface area (Å²) in [6.07, 6.45) is 0. The van der Waals surface area contributed by atoms with Gasteiger partial charge in [0, 0.05) is 25.9 Å². The van der Waals surface area contributed by atoms with Crippen LogP contribution in [0.3, 0.4) is 0 Å². The first-order valence-electron chi connectivity index (χ1n) is 5.47. The Morgan fingerprint density at radius 2 is 1.70 bits per heavy atom. The molecule has 0 unspecified atom stereocenters. The minimum atomic E-state index is -0.466. The van der Waals surface area contributed by atoms with Crippen molar-refractivity contribution in [3.63, 3.8) is 0 Å². The molecule has 4 nitrogen and oxygen atoms in total. The number of nitro groups is 1. The van der Waals surface area contributed by atoms with Crippen LogP contribution in [0.5, 0.6) is 11.5 Å². The van der Waals surface area contributed by atoms with Crippen molar-refractivity contribution >= 4 is 53.5 Å². The van der Waals surface area contributed by atoms with Crippen LogP contribution in [0.25, 0.3) is 0 Å². The van der Waals surface area contributed by atoms with Crippen molar-refractivity contribution in [2.24, 2.45) is 0 Å². The number of ether oxygens (including phenoxy) is 1. The minimum absolute atomic E-state index is 0.0835. The molecule has 0 amide bonds. The number of rotatable bonds is 4. The van der Waals surface area contributed by atoms with E-state index in [4.69, 9.17) is 4.74 Å². The smallest absolute Gasteiger partial charge is 0.312 e. The van der Waals surface area contributed by atoms with Gasteiger partial charge in [0.25, 0.3) is 0 Å². The first-order chi connectivity index (χ1) is 9.51. The molecule has 2 aromatic rings. The third kappa shape index (κ3) is 3.59. The second kappa shape index (κ2) is 6.69. The van der Waals surface area contributed by atoms with Gasteiger partial charge < -0.3 is 4.74 Å². The van der Waals surface area contributed by atoms with Gasteiger partial charge >= 0.3 is 5.69 Å². The van der Waals surface area contributed by atoms with Gasteiger partial charge in [-0.15, -0.1) is 0 Å². The van der Waals surface area contributed by atoms with Crippen LogP contribution in [0.1, 0.15) is 5.56 Å². The normalized spacial score (nSPS) is 10.3. The van der Waals surface area contributed by atoms with Crippen LogP contribution in [0, 0.1) is 10.1 Å². The molecule has 0 saturated heterocycles. The summed E-state index contributed by atoms with van der Waals surface area (Å²) < 4.78 is 7.18. The van der Waals surface area contributed by atoms with Crippen molar-refractivity contribution < 1.29 is 9.66 Å². The zero-order valence-electron chi connectivity index (χ0n) is 9.98. The molecular formula is C13H8Br3NO3. The summed E-state index contributed by atoms with van der Waals surface area (Å²) in [7, 11) is 0. The van der Waals surface area contributed by atoms with Gasteiger partial charge in [0.2, 0.25) is 5.75 Å². The van der Waals surface area contributed by atoms with Crippen LogP contribution in [0.15, 0.2) is 45.3 Å².